The lowest BCUT2D eigenvalue weighted by Crippen LogP contribution is -2.11. The number of alkyl halides is 6. The third-order valence-corrected chi connectivity index (χ3v) is 4.69. The van der Waals surface area contributed by atoms with Crippen LogP contribution in [0.15, 0.2) is 34.7 Å². The molecule has 0 spiro atoms. The number of aromatic nitrogens is 2. The molecule has 0 radical (unpaired) electrons. The SMILES string of the molecule is Cc1nn(C)c(Cl)c1C(O)c1ccc(-c2cc(C(F)(F)F)cc(C(F)(F)F)c2)o1. The van der Waals surface area contributed by atoms with Gasteiger partial charge in [-0.25, -0.2) is 0 Å². The van der Waals surface area contributed by atoms with Crippen LogP contribution in [0.2, 0.25) is 5.15 Å². The minimum Gasteiger partial charge on any atom is -0.458 e. The van der Waals surface area contributed by atoms with Crippen LogP contribution in [0.5, 0.6) is 0 Å². The van der Waals surface area contributed by atoms with E-state index in [1.54, 1.807) is 14.0 Å². The van der Waals surface area contributed by atoms with Crippen molar-refractivity contribution in [3.63, 3.8) is 0 Å². The molecule has 11 heteroatoms. The predicted molar refractivity (Wildman–Crippen MR) is 91.2 cm³/mol. The van der Waals surface area contributed by atoms with Gasteiger partial charge >= 0.3 is 12.4 Å². The van der Waals surface area contributed by atoms with Crippen molar-refractivity contribution in [3.8, 4) is 11.3 Å². The summed E-state index contributed by atoms with van der Waals surface area (Å²) in [6, 6.07) is 3.55. The minimum atomic E-state index is -4.98. The first kappa shape index (κ1) is 21.3. The Kier molecular flexibility index (Phi) is 5.20. The second kappa shape index (κ2) is 7.10. The van der Waals surface area contributed by atoms with Crippen molar-refractivity contribution >= 4 is 11.6 Å². The highest BCUT2D eigenvalue weighted by Gasteiger charge is 2.37. The van der Waals surface area contributed by atoms with Crippen molar-refractivity contribution in [3.05, 3.63) is 63.6 Å². The summed E-state index contributed by atoms with van der Waals surface area (Å²) in [6.45, 7) is 1.58. The Morgan fingerprint density at radius 2 is 1.59 bits per heavy atom. The molecule has 1 unspecified atom stereocenters. The van der Waals surface area contributed by atoms with Gasteiger partial charge in [-0.15, -0.1) is 0 Å². The van der Waals surface area contributed by atoms with Gasteiger partial charge in [0.25, 0.3) is 0 Å². The largest absolute Gasteiger partial charge is 0.458 e. The van der Waals surface area contributed by atoms with E-state index in [2.05, 4.69) is 5.10 Å². The maximum atomic E-state index is 13.0. The molecule has 2 aromatic heterocycles. The van der Waals surface area contributed by atoms with Crippen LogP contribution in [0, 0.1) is 6.92 Å². The van der Waals surface area contributed by atoms with E-state index in [9.17, 15) is 31.4 Å². The van der Waals surface area contributed by atoms with E-state index in [1.165, 1.54) is 16.8 Å². The average Bonchev–Trinajstić information content (AvgIpc) is 3.18. The van der Waals surface area contributed by atoms with Gasteiger partial charge in [0.15, 0.2) is 0 Å². The molecule has 3 aromatic rings. The lowest BCUT2D eigenvalue weighted by atomic mass is 10.0. The molecule has 156 valence electrons. The summed E-state index contributed by atoms with van der Waals surface area (Å²) in [5, 5.41) is 14.7. The molecular formula is C18H13ClF6N2O2. The number of nitrogens with zero attached hydrogens (tertiary/aromatic N) is 2. The van der Waals surface area contributed by atoms with Gasteiger partial charge in [0.05, 0.1) is 16.8 Å². The van der Waals surface area contributed by atoms with Crippen LogP contribution in [-0.2, 0) is 19.4 Å². The number of hydrogen-bond donors (Lipinski definition) is 1. The number of halogens is 7. The fourth-order valence-corrected chi connectivity index (χ4v) is 3.13. The molecule has 29 heavy (non-hydrogen) atoms. The number of hydrogen-bond acceptors (Lipinski definition) is 3. The molecule has 0 saturated heterocycles. The van der Waals surface area contributed by atoms with E-state index in [0.29, 0.717) is 17.8 Å². The van der Waals surface area contributed by atoms with Crippen molar-refractivity contribution in [2.75, 3.05) is 0 Å². The summed E-state index contributed by atoms with van der Waals surface area (Å²) in [7, 11) is 1.54. The molecule has 1 N–H and O–H groups in total. The van der Waals surface area contributed by atoms with Gasteiger partial charge in [-0.1, -0.05) is 11.6 Å². The van der Waals surface area contributed by atoms with E-state index in [0.717, 1.165) is 0 Å². The predicted octanol–water partition coefficient (Wildman–Crippen LogP) is 5.76. The van der Waals surface area contributed by atoms with E-state index >= 15 is 0 Å². The molecule has 0 aliphatic heterocycles. The highest BCUT2D eigenvalue weighted by atomic mass is 35.5. The van der Waals surface area contributed by atoms with Gasteiger partial charge in [-0.05, 0) is 37.3 Å². The maximum Gasteiger partial charge on any atom is 0.416 e. The number of rotatable bonds is 3. The quantitative estimate of drug-likeness (QED) is 0.529. The lowest BCUT2D eigenvalue weighted by molar-refractivity contribution is -0.143. The van der Waals surface area contributed by atoms with Crippen LogP contribution in [0.25, 0.3) is 11.3 Å². The molecule has 0 amide bonds. The minimum absolute atomic E-state index is 0.0287. The maximum absolute atomic E-state index is 13.0. The zero-order chi connectivity index (χ0) is 21.7. The molecule has 0 aliphatic carbocycles. The van der Waals surface area contributed by atoms with Crippen molar-refractivity contribution < 1.29 is 35.9 Å². The Bertz CT molecular complexity index is 1020. The second-order valence-corrected chi connectivity index (χ2v) is 6.67. The second-order valence-electron chi connectivity index (χ2n) is 6.31. The molecule has 3 rings (SSSR count). The Labute approximate surface area is 165 Å². The summed E-state index contributed by atoms with van der Waals surface area (Å²) in [5.41, 5.74) is -2.75. The van der Waals surface area contributed by atoms with Gasteiger partial charge in [-0.3, -0.25) is 4.68 Å². The molecule has 0 bridgehead atoms. The van der Waals surface area contributed by atoms with Gasteiger partial charge < -0.3 is 9.52 Å². The number of benzene rings is 1. The molecule has 2 heterocycles. The summed E-state index contributed by atoms with van der Waals surface area (Å²) in [6.07, 6.45) is -11.4. The van der Waals surface area contributed by atoms with Crippen molar-refractivity contribution in [2.24, 2.45) is 7.05 Å². The van der Waals surface area contributed by atoms with E-state index in [1.807, 2.05) is 0 Å². The van der Waals surface area contributed by atoms with Crippen LogP contribution in [0.1, 0.15) is 34.2 Å². The van der Waals surface area contributed by atoms with Crippen LogP contribution >= 0.6 is 11.6 Å². The van der Waals surface area contributed by atoms with Gasteiger partial charge in [0.2, 0.25) is 0 Å². The number of aryl methyl sites for hydroxylation is 2. The lowest BCUT2D eigenvalue weighted by Gasteiger charge is -2.13. The molecule has 1 aromatic carbocycles. The van der Waals surface area contributed by atoms with Crippen LogP contribution in [0.3, 0.4) is 0 Å². The fourth-order valence-electron chi connectivity index (χ4n) is 2.85. The normalized spacial score (nSPS) is 13.7. The monoisotopic (exact) mass is 438 g/mol. The van der Waals surface area contributed by atoms with Crippen LogP contribution < -0.4 is 0 Å². The number of furan rings is 1. The van der Waals surface area contributed by atoms with E-state index < -0.39 is 35.1 Å². The summed E-state index contributed by atoms with van der Waals surface area (Å²) >= 11 is 6.07. The fraction of sp³-hybridized carbons (Fsp3) is 0.278. The highest BCUT2D eigenvalue weighted by Crippen LogP contribution is 2.40. The summed E-state index contributed by atoms with van der Waals surface area (Å²) in [4.78, 5) is 0. The number of aliphatic hydroxyl groups excluding tert-OH is 1. The Balaban J connectivity index is 2.06. The zero-order valence-corrected chi connectivity index (χ0v) is 15.6. The smallest absolute Gasteiger partial charge is 0.416 e. The van der Waals surface area contributed by atoms with Gasteiger partial charge in [-0.2, -0.15) is 31.4 Å². The number of aliphatic hydroxyl groups is 1. The highest BCUT2D eigenvalue weighted by molar-refractivity contribution is 6.30. The first-order valence-corrected chi connectivity index (χ1v) is 8.43. The zero-order valence-electron chi connectivity index (χ0n) is 14.9. The topological polar surface area (TPSA) is 51.2 Å². The third kappa shape index (κ3) is 4.13. The van der Waals surface area contributed by atoms with Crippen molar-refractivity contribution in [1.29, 1.82) is 0 Å². The Hall–Kier alpha value is -2.46. The molecule has 0 aliphatic rings. The van der Waals surface area contributed by atoms with E-state index in [4.69, 9.17) is 16.0 Å². The van der Waals surface area contributed by atoms with E-state index in [-0.39, 0.29) is 28.3 Å². The first-order valence-electron chi connectivity index (χ1n) is 8.05. The Morgan fingerprint density at radius 3 is 2.03 bits per heavy atom. The van der Waals surface area contributed by atoms with Crippen molar-refractivity contribution in [2.45, 2.75) is 25.4 Å². The Morgan fingerprint density at radius 1 is 1.03 bits per heavy atom. The summed E-state index contributed by atoms with van der Waals surface area (Å²) < 4.78 is 84.9. The van der Waals surface area contributed by atoms with Gasteiger partial charge in [0, 0.05) is 18.2 Å². The molecule has 0 saturated carbocycles. The van der Waals surface area contributed by atoms with Crippen LogP contribution in [0.4, 0.5) is 26.3 Å². The average molecular weight is 439 g/mol. The molecule has 4 nitrogen and oxygen atoms in total. The molecule has 1 atom stereocenters. The standard InChI is InChI=1S/C18H13ClF6N2O2/c1-8-14(16(19)27(2)26-8)15(28)13-4-3-12(29-13)9-5-10(17(20,21)22)7-11(6-9)18(23,24)25/h3-7,15,28H,1-2H3. The molecule has 0 fully saturated rings. The van der Waals surface area contributed by atoms with Crippen LogP contribution in [-0.4, -0.2) is 14.9 Å². The third-order valence-electron chi connectivity index (χ3n) is 4.24. The van der Waals surface area contributed by atoms with Crippen molar-refractivity contribution in [1.82, 2.24) is 9.78 Å². The van der Waals surface area contributed by atoms with Gasteiger partial charge in [0.1, 0.15) is 22.8 Å². The summed E-state index contributed by atoms with van der Waals surface area (Å²) in [5.74, 6) is -0.378. The molecular weight excluding hydrogens is 426 g/mol. The first-order chi connectivity index (χ1) is 13.3.